The maximum atomic E-state index is 13.0. The highest BCUT2D eigenvalue weighted by Crippen LogP contribution is 2.32. The predicted octanol–water partition coefficient (Wildman–Crippen LogP) is 1.96. The van der Waals surface area contributed by atoms with Crippen LogP contribution in [0.25, 0.3) is 0 Å². The van der Waals surface area contributed by atoms with Crippen LogP contribution >= 0.6 is 0 Å². The smallest absolute Gasteiger partial charge is 0.246 e. The van der Waals surface area contributed by atoms with Gasteiger partial charge in [-0.2, -0.15) is 0 Å². The van der Waals surface area contributed by atoms with Gasteiger partial charge in [-0.1, -0.05) is 36.4 Å². The molecule has 2 atom stereocenters. The topological polar surface area (TPSA) is 79.9 Å². The number of nitrogens with zero attached hydrogens (tertiary/aromatic N) is 1. The van der Waals surface area contributed by atoms with E-state index in [-0.39, 0.29) is 30.3 Å². The second-order valence-corrected chi connectivity index (χ2v) is 8.27. The van der Waals surface area contributed by atoms with Gasteiger partial charge < -0.3 is 25.0 Å². The number of likely N-dealkylation sites (tertiary alicyclic amines) is 1. The molecule has 1 aliphatic heterocycles. The fourth-order valence-electron chi connectivity index (χ4n) is 4.12. The Kier molecular flexibility index (Phi) is 8.64. The van der Waals surface area contributed by atoms with E-state index in [4.69, 9.17) is 9.47 Å². The molecule has 0 spiro atoms. The van der Waals surface area contributed by atoms with Crippen molar-refractivity contribution in [2.45, 2.75) is 18.9 Å². The predicted molar refractivity (Wildman–Crippen MR) is 124 cm³/mol. The fraction of sp³-hybridized carbons (Fsp3) is 0.440. The highest BCUT2D eigenvalue weighted by molar-refractivity contribution is 5.80. The van der Waals surface area contributed by atoms with Crippen molar-refractivity contribution in [1.82, 2.24) is 15.5 Å². The average molecular weight is 440 g/mol. The second kappa shape index (κ2) is 11.6. The number of carbonyl (C=O) groups is 2. The fourth-order valence-corrected chi connectivity index (χ4v) is 4.12. The van der Waals surface area contributed by atoms with Gasteiger partial charge in [0.05, 0.1) is 13.0 Å². The summed E-state index contributed by atoms with van der Waals surface area (Å²) >= 11 is 0. The summed E-state index contributed by atoms with van der Waals surface area (Å²) in [6.45, 7) is 2.72. The van der Waals surface area contributed by atoms with Crippen molar-refractivity contribution in [3.8, 4) is 5.75 Å². The van der Waals surface area contributed by atoms with E-state index in [9.17, 15) is 9.59 Å². The quantitative estimate of drug-likeness (QED) is 0.592. The molecule has 1 fully saturated rings. The molecule has 0 radical (unpaired) electrons. The zero-order chi connectivity index (χ0) is 22.9. The van der Waals surface area contributed by atoms with Crippen molar-refractivity contribution in [1.29, 1.82) is 0 Å². The van der Waals surface area contributed by atoms with E-state index in [1.807, 2.05) is 36.4 Å². The summed E-state index contributed by atoms with van der Waals surface area (Å²) < 4.78 is 10.0. The van der Waals surface area contributed by atoms with Crippen LogP contribution in [0, 0.1) is 5.92 Å². The molecule has 0 saturated carbocycles. The first kappa shape index (κ1) is 23.8. The molecule has 2 N–H and O–H groups in total. The lowest BCUT2D eigenvalue weighted by atomic mass is 9.88. The van der Waals surface area contributed by atoms with Crippen LogP contribution in [0.3, 0.4) is 0 Å². The highest BCUT2D eigenvalue weighted by atomic mass is 16.5. The van der Waals surface area contributed by atoms with E-state index in [0.717, 1.165) is 36.4 Å². The number of benzene rings is 2. The molecule has 7 nitrogen and oxygen atoms in total. The normalized spacial score (nSPS) is 18.3. The Balaban J connectivity index is 1.54. The number of ether oxygens (including phenoxy) is 2. The van der Waals surface area contributed by atoms with Gasteiger partial charge in [0, 0.05) is 39.2 Å². The Morgan fingerprint density at radius 2 is 1.66 bits per heavy atom. The van der Waals surface area contributed by atoms with Gasteiger partial charge in [-0.25, -0.2) is 0 Å². The molecule has 1 saturated heterocycles. The van der Waals surface area contributed by atoms with Gasteiger partial charge in [0.15, 0.2) is 0 Å². The van der Waals surface area contributed by atoms with Crippen LogP contribution in [-0.2, 0) is 27.3 Å². The molecule has 0 bridgehead atoms. The van der Waals surface area contributed by atoms with E-state index >= 15 is 0 Å². The first-order valence-corrected chi connectivity index (χ1v) is 10.9. The van der Waals surface area contributed by atoms with Crippen LogP contribution in [0.1, 0.15) is 22.6 Å². The minimum atomic E-state index is -0.139. The lowest BCUT2D eigenvalue weighted by Gasteiger charge is -2.19. The molecule has 0 aliphatic carbocycles. The maximum absolute atomic E-state index is 13.0. The van der Waals surface area contributed by atoms with Crippen molar-refractivity contribution in [3.05, 3.63) is 65.2 Å². The van der Waals surface area contributed by atoms with Crippen molar-refractivity contribution < 1.29 is 19.1 Å². The molecule has 2 aromatic carbocycles. The largest absolute Gasteiger partial charge is 0.497 e. The summed E-state index contributed by atoms with van der Waals surface area (Å²) in [5.41, 5.74) is 3.33. The minimum absolute atomic E-state index is 0.0573. The Bertz CT molecular complexity index is 883. The maximum Gasteiger partial charge on any atom is 0.246 e. The number of nitrogens with one attached hydrogen (secondary N) is 2. The van der Waals surface area contributed by atoms with Crippen molar-refractivity contribution in [2.75, 3.05) is 47.5 Å². The van der Waals surface area contributed by atoms with Crippen LogP contribution in [0.15, 0.2) is 48.5 Å². The number of carbonyl (C=O) groups excluding carboxylic acids is 2. The lowest BCUT2D eigenvalue weighted by molar-refractivity contribution is -0.125. The van der Waals surface area contributed by atoms with Gasteiger partial charge in [0.2, 0.25) is 11.8 Å². The van der Waals surface area contributed by atoms with Gasteiger partial charge in [-0.05, 0) is 42.3 Å². The van der Waals surface area contributed by atoms with E-state index in [0.29, 0.717) is 13.1 Å². The van der Waals surface area contributed by atoms with E-state index in [1.54, 1.807) is 7.11 Å². The number of amides is 2. The number of likely N-dealkylation sites (N-methyl/N-ethyl adjacent to an activating group) is 1. The molecule has 172 valence electrons. The summed E-state index contributed by atoms with van der Waals surface area (Å²) in [5.74, 6) is 0.864. The number of hydrogen-bond acceptors (Lipinski definition) is 5. The first-order chi connectivity index (χ1) is 15.5. The molecule has 0 unspecified atom stereocenters. The summed E-state index contributed by atoms with van der Waals surface area (Å²) in [7, 11) is 5.20. The van der Waals surface area contributed by atoms with Crippen LogP contribution in [0.4, 0.5) is 0 Å². The van der Waals surface area contributed by atoms with Gasteiger partial charge >= 0.3 is 0 Å². The summed E-state index contributed by atoms with van der Waals surface area (Å²) in [4.78, 5) is 26.7. The summed E-state index contributed by atoms with van der Waals surface area (Å²) in [5, 5.41) is 5.94. The third-order valence-corrected chi connectivity index (χ3v) is 5.88. The van der Waals surface area contributed by atoms with Crippen LogP contribution in [-0.4, -0.2) is 64.2 Å². The Hall–Kier alpha value is -2.90. The molecular formula is C25H33N3O4. The molecule has 7 heteroatoms. The van der Waals surface area contributed by atoms with Gasteiger partial charge in [-0.3, -0.25) is 9.59 Å². The Labute approximate surface area is 190 Å². The van der Waals surface area contributed by atoms with Crippen molar-refractivity contribution >= 4 is 11.8 Å². The van der Waals surface area contributed by atoms with Gasteiger partial charge in [-0.15, -0.1) is 0 Å². The van der Waals surface area contributed by atoms with Crippen LogP contribution in [0.2, 0.25) is 0 Å². The third-order valence-electron chi connectivity index (χ3n) is 5.88. The van der Waals surface area contributed by atoms with E-state index in [2.05, 4.69) is 34.7 Å². The standard InChI is InChI=1S/C25H33N3O4/c1-28-15-22(20-8-4-19(5-9-20)14-27-24(29)17-31-2)23(16-28)25(30)26-13-12-18-6-10-21(32-3)11-7-18/h4-11,22-23H,12-17H2,1-3H3,(H,26,30)(H,27,29)/t22-,23+/m0/s1. The Morgan fingerprint density at radius 1 is 0.969 bits per heavy atom. The molecule has 1 aliphatic rings. The Morgan fingerprint density at radius 3 is 2.31 bits per heavy atom. The molecule has 2 aromatic rings. The number of hydrogen-bond donors (Lipinski definition) is 2. The van der Waals surface area contributed by atoms with Crippen LogP contribution < -0.4 is 15.4 Å². The zero-order valence-corrected chi connectivity index (χ0v) is 19.1. The SMILES string of the molecule is COCC(=O)NCc1ccc([C@@H]2CN(C)C[C@H]2C(=O)NCCc2ccc(OC)cc2)cc1. The summed E-state index contributed by atoms with van der Waals surface area (Å²) in [6.07, 6.45) is 0.784. The summed E-state index contributed by atoms with van der Waals surface area (Å²) in [6, 6.07) is 16.1. The lowest BCUT2D eigenvalue weighted by Crippen LogP contribution is -2.35. The number of rotatable bonds is 10. The third kappa shape index (κ3) is 6.55. The second-order valence-electron chi connectivity index (χ2n) is 8.27. The molecule has 32 heavy (non-hydrogen) atoms. The van der Waals surface area contributed by atoms with Crippen molar-refractivity contribution in [2.24, 2.45) is 5.92 Å². The molecule has 2 amide bonds. The zero-order valence-electron chi connectivity index (χ0n) is 19.1. The van der Waals surface area contributed by atoms with E-state index in [1.165, 1.54) is 12.7 Å². The highest BCUT2D eigenvalue weighted by Gasteiger charge is 2.36. The molecule has 1 heterocycles. The van der Waals surface area contributed by atoms with Gasteiger partial charge in [0.1, 0.15) is 12.4 Å². The minimum Gasteiger partial charge on any atom is -0.497 e. The average Bonchev–Trinajstić information content (AvgIpc) is 3.20. The molecule has 0 aromatic heterocycles. The first-order valence-electron chi connectivity index (χ1n) is 10.9. The monoisotopic (exact) mass is 439 g/mol. The molecule has 3 rings (SSSR count). The van der Waals surface area contributed by atoms with Gasteiger partial charge in [0.25, 0.3) is 0 Å². The van der Waals surface area contributed by atoms with E-state index < -0.39 is 0 Å². The molecular weight excluding hydrogens is 406 g/mol. The number of methoxy groups -OCH3 is 2. The van der Waals surface area contributed by atoms with Crippen molar-refractivity contribution in [3.63, 3.8) is 0 Å². The van der Waals surface area contributed by atoms with Crippen LogP contribution in [0.5, 0.6) is 5.75 Å².